The Labute approximate surface area is 130 Å². The Balaban J connectivity index is 0.00000400. The van der Waals surface area contributed by atoms with E-state index in [1.807, 2.05) is 13.8 Å². The minimum Gasteiger partial charge on any atom is -0.350 e. The monoisotopic (exact) mass is 327 g/mol. The molecule has 0 spiro atoms. The van der Waals surface area contributed by atoms with E-state index in [0.29, 0.717) is 6.54 Å². The van der Waals surface area contributed by atoms with Crippen molar-refractivity contribution in [1.82, 2.24) is 10.2 Å². The van der Waals surface area contributed by atoms with Crippen LogP contribution in [0, 0.1) is 5.92 Å². The molecule has 1 aliphatic heterocycles. The molecule has 1 fully saturated rings. The first-order valence-corrected chi connectivity index (χ1v) is 6.95. The van der Waals surface area contributed by atoms with Gasteiger partial charge in [-0.1, -0.05) is 13.3 Å². The summed E-state index contributed by atoms with van der Waals surface area (Å²) in [5.41, 5.74) is 4.90. The summed E-state index contributed by atoms with van der Waals surface area (Å²) in [4.78, 5) is 25.3. The molecule has 0 saturated carbocycles. The van der Waals surface area contributed by atoms with Crippen molar-refractivity contribution in [1.29, 1.82) is 0 Å². The lowest BCUT2D eigenvalue weighted by Gasteiger charge is -2.24. The van der Waals surface area contributed by atoms with Crippen molar-refractivity contribution in [2.45, 2.75) is 45.1 Å². The van der Waals surface area contributed by atoms with Gasteiger partial charge in [-0.3, -0.25) is 9.59 Å². The smallest absolute Gasteiger partial charge is 0.277 e. The van der Waals surface area contributed by atoms with Crippen LogP contribution in [0.15, 0.2) is 0 Å². The standard InChI is InChI=1S/C13H23F2N3O2.ClH/c1-3-4-9(2)18-6-10(5-11(18)19)12(20)17-8-13(14,15)7-16;/h9-10H,3-8,16H2,1-2H3,(H,17,20);1H. The average molecular weight is 328 g/mol. The molecule has 3 N–H and O–H groups in total. The number of alkyl halides is 2. The van der Waals surface area contributed by atoms with E-state index in [1.165, 1.54) is 0 Å². The molecule has 21 heavy (non-hydrogen) atoms. The van der Waals surface area contributed by atoms with Crippen LogP contribution in [0.25, 0.3) is 0 Å². The van der Waals surface area contributed by atoms with Crippen molar-refractivity contribution in [3.8, 4) is 0 Å². The Bertz CT molecular complexity index is 369. The third kappa shape index (κ3) is 5.74. The summed E-state index contributed by atoms with van der Waals surface area (Å²) in [6.45, 7) is 2.68. The predicted molar refractivity (Wildman–Crippen MR) is 78.4 cm³/mol. The second-order valence-electron chi connectivity index (χ2n) is 5.36. The Kier molecular flexibility index (Phi) is 8.10. The minimum absolute atomic E-state index is 0. The van der Waals surface area contributed by atoms with Crippen LogP contribution in [-0.4, -0.2) is 48.3 Å². The SMILES string of the molecule is CCCC(C)N1CC(C(=O)NCC(F)(F)CN)CC1=O.Cl. The zero-order valence-electron chi connectivity index (χ0n) is 12.4. The fourth-order valence-corrected chi connectivity index (χ4v) is 2.34. The number of hydrogen-bond donors (Lipinski definition) is 2. The number of carbonyl (C=O) groups excluding carboxylic acids is 2. The molecule has 0 bridgehead atoms. The van der Waals surface area contributed by atoms with Crippen LogP contribution < -0.4 is 11.1 Å². The summed E-state index contributed by atoms with van der Waals surface area (Å²) >= 11 is 0. The number of nitrogens with one attached hydrogen (secondary N) is 1. The number of hydrogen-bond acceptors (Lipinski definition) is 3. The fourth-order valence-electron chi connectivity index (χ4n) is 2.34. The van der Waals surface area contributed by atoms with Crippen molar-refractivity contribution in [2.24, 2.45) is 11.7 Å². The van der Waals surface area contributed by atoms with E-state index in [9.17, 15) is 18.4 Å². The molecule has 8 heteroatoms. The molecule has 5 nitrogen and oxygen atoms in total. The van der Waals surface area contributed by atoms with Gasteiger partial charge in [0.15, 0.2) is 0 Å². The van der Waals surface area contributed by atoms with E-state index in [-0.39, 0.29) is 30.8 Å². The second-order valence-corrected chi connectivity index (χ2v) is 5.36. The summed E-state index contributed by atoms with van der Waals surface area (Å²) in [7, 11) is 0. The highest BCUT2D eigenvalue weighted by Crippen LogP contribution is 2.22. The number of amides is 2. The quantitative estimate of drug-likeness (QED) is 0.736. The van der Waals surface area contributed by atoms with Gasteiger partial charge in [-0.25, -0.2) is 8.78 Å². The number of nitrogens with two attached hydrogens (primary N) is 1. The second kappa shape index (κ2) is 8.48. The van der Waals surface area contributed by atoms with Gasteiger partial charge in [-0.15, -0.1) is 12.4 Å². The Morgan fingerprint density at radius 3 is 2.71 bits per heavy atom. The molecule has 2 amide bonds. The highest BCUT2D eigenvalue weighted by molar-refractivity contribution is 5.89. The maximum atomic E-state index is 13.0. The molecular weight excluding hydrogens is 304 g/mol. The maximum Gasteiger partial charge on any atom is 0.277 e. The van der Waals surface area contributed by atoms with E-state index in [0.717, 1.165) is 12.8 Å². The van der Waals surface area contributed by atoms with Gasteiger partial charge >= 0.3 is 0 Å². The van der Waals surface area contributed by atoms with E-state index < -0.39 is 30.8 Å². The van der Waals surface area contributed by atoms with Gasteiger partial charge in [0.25, 0.3) is 5.92 Å². The minimum atomic E-state index is -3.10. The first kappa shape index (κ1) is 20.1. The van der Waals surface area contributed by atoms with Crippen LogP contribution in [-0.2, 0) is 9.59 Å². The molecule has 0 radical (unpaired) electrons. The normalized spacial score (nSPS) is 20.1. The van der Waals surface area contributed by atoms with Gasteiger partial charge in [0.1, 0.15) is 0 Å². The topological polar surface area (TPSA) is 75.4 Å². The summed E-state index contributed by atoms with van der Waals surface area (Å²) in [5, 5.41) is 2.18. The third-order valence-electron chi connectivity index (χ3n) is 3.59. The van der Waals surface area contributed by atoms with Gasteiger partial charge in [0.05, 0.1) is 19.0 Å². The Morgan fingerprint density at radius 2 is 2.19 bits per heavy atom. The highest BCUT2D eigenvalue weighted by Gasteiger charge is 2.37. The van der Waals surface area contributed by atoms with E-state index in [1.54, 1.807) is 4.90 Å². The lowest BCUT2D eigenvalue weighted by molar-refractivity contribution is -0.130. The Morgan fingerprint density at radius 1 is 1.57 bits per heavy atom. The molecule has 124 valence electrons. The van der Waals surface area contributed by atoms with Crippen LogP contribution in [0.1, 0.15) is 33.1 Å². The number of halogens is 3. The number of carbonyl (C=O) groups is 2. The number of rotatable bonds is 7. The Hall–Kier alpha value is -0.950. The summed E-state index contributed by atoms with van der Waals surface area (Å²) in [6.07, 6.45) is 1.91. The molecule has 1 heterocycles. The highest BCUT2D eigenvalue weighted by atomic mass is 35.5. The lowest BCUT2D eigenvalue weighted by atomic mass is 10.1. The van der Waals surface area contributed by atoms with Crippen molar-refractivity contribution in [3.63, 3.8) is 0 Å². The van der Waals surface area contributed by atoms with Crippen LogP contribution in [0.2, 0.25) is 0 Å². The summed E-state index contributed by atoms with van der Waals surface area (Å²) < 4.78 is 25.9. The molecule has 2 unspecified atom stereocenters. The first-order chi connectivity index (χ1) is 9.30. The molecule has 0 aromatic rings. The van der Waals surface area contributed by atoms with E-state index in [2.05, 4.69) is 5.32 Å². The third-order valence-corrected chi connectivity index (χ3v) is 3.59. The molecule has 1 saturated heterocycles. The number of nitrogens with zero attached hydrogens (tertiary/aromatic N) is 1. The largest absolute Gasteiger partial charge is 0.350 e. The zero-order chi connectivity index (χ0) is 15.3. The van der Waals surface area contributed by atoms with E-state index >= 15 is 0 Å². The summed E-state index contributed by atoms with van der Waals surface area (Å²) in [5.74, 6) is -4.24. The van der Waals surface area contributed by atoms with Crippen LogP contribution >= 0.6 is 12.4 Å². The molecule has 0 aromatic carbocycles. The zero-order valence-corrected chi connectivity index (χ0v) is 13.2. The fraction of sp³-hybridized carbons (Fsp3) is 0.846. The van der Waals surface area contributed by atoms with Crippen LogP contribution in [0.3, 0.4) is 0 Å². The first-order valence-electron chi connectivity index (χ1n) is 6.95. The molecule has 1 aliphatic rings. The summed E-state index contributed by atoms with van der Waals surface area (Å²) in [6, 6.07) is 0.0794. The van der Waals surface area contributed by atoms with Crippen LogP contribution in [0.5, 0.6) is 0 Å². The van der Waals surface area contributed by atoms with Crippen molar-refractivity contribution in [3.05, 3.63) is 0 Å². The molecular formula is C13H24ClF2N3O2. The lowest BCUT2D eigenvalue weighted by Crippen LogP contribution is -2.44. The van der Waals surface area contributed by atoms with Gasteiger partial charge < -0.3 is 16.0 Å². The number of likely N-dealkylation sites (tertiary alicyclic amines) is 1. The van der Waals surface area contributed by atoms with Gasteiger partial charge in [0.2, 0.25) is 11.8 Å². The van der Waals surface area contributed by atoms with Gasteiger partial charge in [0, 0.05) is 19.0 Å². The van der Waals surface area contributed by atoms with Crippen molar-refractivity contribution >= 4 is 24.2 Å². The maximum absolute atomic E-state index is 13.0. The molecule has 0 aromatic heterocycles. The van der Waals surface area contributed by atoms with Crippen LogP contribution in [0.4, 0.5) is 8.78 Å². The average Bonchev–Trinajstić information content (AvgIpc) is 2.78. The predicted octanol–water partition coefficient (Wildman–Crippen LogP) is 1.16. The molecule has 1 rings (SSSR count). The van der Waals surface area contributed by atoms with E-state index in [4.69, 9.17) is 5.73 Å². The molecule has 2 atom stereocenters. The molecule has 0 aliphatic carbocycles. The van der Waals surface area contributed by atoms with Crippen molar-refractivity contribution < 1.29 is 18.4 Å². The van der Waals surface area contributed by atoms with Gasteiger partial charge in [-0.05, 0) is 13.3 Å². The van der Waals surface area contributed by atoms with Crippen molar-refractivity contribution in [2.75, 3.05) is 19.6 Å². The van der Waals surface area contributed by atoms with Gasteiger partial charge in [-0.2, -0.15) is 0 Å².